The normalized spacial score (nSPS) is 19.9. The van der Waals surface area contributed by atoms with E-state index in [1.54, 1.807) is 7.11 Å². The fraction of sp³-hybridized carbons (Fsp3) is 0.462. The van der Waals surface area contributed by atoms with E-state index < -0.39 is 11.5 Å². The first-order valence-electron chi connectivity index (χ1n) is 11.4. The van der Waals surface area contributed by atoms with Crippen molar-refractivity contribution < 1.29 is 14.3 Å². The summed E-state index contributed by atoms with van der Waals surface area (Å²) < 4.78 is 5.34. The molecule has 2 aromatic carbocycles. The highest BCUT2D eigenvalue weighted by atomic mass is 16.5. The highest BCUT2D eigenvalue weighted by molar-refractivity contribution is 6.05. The van der Waals surface area contributed by atoms with Crippen LogP contribution in [0, 0.1) is 0 Å². The number of carbonyl (C=O) groups is 2. The van der Waals surface area contributed by atoms with Gasteiger partial charge in [0.1, 0.15) is 0 Å². The second-order valence-electron chi connectivity index (χ2n) is 8.63. The van der Waals surface area contributed by atoms with Gasteiger partial charge >= 0.3 is 0 Å². The van der Waals surface area contributed by atoms with Crippen molar-refractivity contribution in [1.29, 1.82) is 0 Å². The second-order valence-corrected chi connectivity index (χ2v) is 8.63. The molecular formula is C26H32N2O3. The van der Waals surface area contributed by atoms with Crippen LogP contribution >= 0.6 is 0 Å². The highest BCUT2D eigenvalue weighted by Crippen LogP contribution is 2.49. The number of hydrogen-bond acceptors (Lipinski definition) is 3. The highest BCUT2D eigenvalue weighted by Gasteiger charge is 2.54. The number of anilines is 1. The summed E-state index contributed by atoms with van der Waals surface area (Å²) in [6.45, 7) is 3.05. The molecule has 5 heteroatoms. The number of hydrogen-bond donors (Lipinski definition) is 1. The summed E-state index contributed by atoms with van der Waals surface area (Å²) in [6, 6.07) is 15.6. The maximum absolute atomic E-state index is 13.9. The Morgan fingerprint density at radius 2 is 1.81 bits per heavy atom. The third-order valence-corrected chi connectivity index (χ3v) is 6.98. The van der Waals surface area contributed by atoms with E-state index in [9.17, 15) is 9.59 Å². The molecule has 2 amide bonds. The molecule has 0 bridgehead atoms. The first kappa shape index (κ1) is 21.6. The molecule has 2 aliphatic rings. The van der Waals surface area contributed by atoms with Crippen LogP contribution in [-0.2, 0) is 16.0 Å². The predicted octanol–water partition coefficient (Wildman–Crippen LogP) is 4.78. The van der Waals surface area contributed by atoms with Crippen LogP contribution in [0.1, 0.15) is 66.4 Å². The smallest absolute Gasteiger partial charge is 0.254 e. The van der Waals surface area contributed by atoms with Gasteiger partial charge in [0.25, 0.3) is 5.91 Å². The average molecular weight is 421 g/mol. The Kier molecular flexibility index (Phi) is 6.42. The van der Waals surface area contributed by atoms with Crippen molar-refractivity contribution in [2.24, 2.45) is 0 Å². The maximum Gasteiger partial charge on any atom is 0.254 e. The topological polar surface area (TPSA) is 58.6 Å². The zero-order chi connectivity index (χ0) is 21.8. The van der Waals surface area contributed by atoms with Gasteiger partial charge in [0, 0.05) is 24.9 Å². The van der Waals surface area contributed by atoms with Gasteiger partial charge in [-0.15, -0.1) is 0 Å². The largest absolute Gasteiger partial charge is 0.383 e. The van der Waals surface area contributed by atoms with Crippen LogP contribution in [0.3, 0.4) is 0 Å². The summed E-state index contributed by atoms with van der Waals surface area (Å²) in [5.74, 6) is -0.402. The zero-order valence-corrected chi connectivity index (χ0v) is 18.5. The molecule has 2 aromatic rings. The summed E-state index contributed by atoms with van der Waals surface area (Å²) in [6.07, 6.45) is 5.71. The number of aryl methyl sites for hydroxylation is 1. The summed E-state index contributed by atoms with van der Waals surface area (Å²) in [4.78, 5) is 29.4. The first-order valence-corrected chi connectivity index (χ1v) is 11.4. The molecule has 1 heterocycles. The minimum atomic E-state index is -0.506. The SMILES string of the molecule is CCc1ccccc1NC(=O)C1c2ccccc2C(=O)N(CCOC)C12CCCCC2. The number of para-hydroxylation sites is 1. The predicted molar refractivity (Wildman–Crippen MR) is 122 cm³/mol. The van der Waals surface area contributed by atoms with Gasteiger partial charge in [-0.3, -0.25) is 9.59 Å². The van der Waals surface area contributed by atoms with E-state index in [0.29, 0.717) is 18.7 Å². The lowest BCUT2D eigenvalue weighted by Gasteiger charge is -2.53. The van der Waals surface area contributed by atoms with Crippen molar-refractivity contribution >= 4 is 17.5 Å². The monoisotopic (exact) mass is 420 g/mol. The molecule has 1 fully saturated rings. The van der Waals surface area contributed by atoms with Gasteiger partial charge in [0.2, 0.25) is 5.91 Å². The maximum atomic E-state index is 13.9. The van der Waals surface area contributed by atoms with Crippen molar-refractivity contribution in [3.63, 3.8) is 0 Å². The zero-order valence-electron chi connectivity index (χ0n) is 18.5. The molecule has 1 atom stereocenters. The minimum absolute atomic E-state index is 0.0209. The van der Waals surface area contributed by atoms with Gasteiger partial charge in [-0.25, -0.2) is 0 Å². The molecule has 1 unspecified atom stereocenters. The van der Waals surface area contributed by atoms with Crippen molar-refractivity contribution in [2.75, 3.05) is 25.6 Å². The van der Waals surface area contributed by atoms with Crippen LogP contribution in [-0.4, -0.2) is 42.5 Å². The van der Waals surface area contributed by atoms with Crippen LogP contribution in [0.4, 0.5) is 5.69 Å². The Morgan fingerprint density at radius 1 is 1.10 bits per heavy atom. The van der Waals surface area contributed by atoms with Crippen molar-refractivity contribution in [2.45, 2.75) is 56.9 Å². The quantitative estimate of drug-likeness (QED) is 0.732. The molecule has 1 aliphatic heterocycles. The number of fused-ring (bicyclic) bond motifs is 1. The number of ether oxygens (including phenoxy) is 1. The summed E-state index contributed by atoms with van der Waals surface area (Å²) in [7, 11) is 1.65. The summed E-state index contributed by atoms with van der Waals surface area (Å²) in [5, 5.41) is 3.23. The number of nitrogens with zero attached hydrogens (tertiary/aromatic N) is 1. The van der Waals surface area contributed by atoms with Gasteiger partial charge in [-0.05, 0) is 42.5 Å². The van der Waals surface area contributed by atoms with Crippen molar-refractivity contribution in [3.8, 4) is 0 Å². The fourth-order valence-electron chi connectivity index (χ4n) is 5.51. The van der Waals surface area contributed by atoms with E-state index in [2.05, 4.69) is 18.3 Å². The third kappa shape index (κ3) is 3.87. The van der Waals surface area contributed by atoms with E-state index in [4.69, 9.17) is 4.74 Å². The summed E-state index contributed by atoms with van der Waals surface area (Å²) >= 11 is 0. The molecule has 0 radical (unpaired) electrons. The Labute approximate surface area is 184 Å². The minimum Gasteiger partial charge on any atom is -0.383 e. The number of amides is 2. The molecule has 1 saturated carbocycles. The van der Waals surface area contributed by atoms with Gasteiger partial charge in [0.15, 0.2) is 0 Å². The van der Waals surface area contributed by atoms with Crippen LogP contribution < -0.4 is 5.32 Å². The lowest BCUT2D eigenvalue weighted by atomic mass is 9.65. The van der Waals surface area contributed by atoms with Crippen molar-refractivity contribution in [3.05, 3.63) is 65.2 Å². The Hall–Kier alpha value is -2.66. The van der Waals surface area contributed by atoms with E-state index >= 15 is 0 Å². The van der Waals surface area contributed by atoms with E-state index in [1.165, 1.54) is 0 Å². The van der Waals surface area contributed by atoms with E-state index in [-0.39, 0.29) is 11.8 Å². The Balaban J connectivity index is 1.80. The molecule has 1 aliphatic carbocycles. The molecular weight excluding hydrogens is 388 g/mol. The number of carbonyl (C=O) groups excluding carboxylic acids is 2. The van der Waals surface area contributed by atoms with Crippen molar-refractivity contribution in [1.82, 2.24) is 4.90 Å². The summed E-state index contributed by atoms with van der Waals surface area (Å²) in [5.41, 5.74) is 2.96. The van der Waals surface area contributed by atoms with E-state index in [1.807, 2.05) is 47.4 Å². The van der Waals surface area contributed by atoms with E-state index in [0.717, 1.165) is 55.3 Å². The lowest BCUT2D eigenvalue weighted by Crippen LogP contribution is -2.62. The standard InChI is InChI=1S/C26H32N2O3/c1-3-19-11-5-8-14-22(19)27-24(29)23-20-12-6-7-13-21(20)25(30)28(17-18-31-2)26(23)15-9-4-10-16-26/h5-8,11-14,23H,3-4,9-10,15-18H2,1-2H3,(H,27,29). The molecule has 0 aromatic heterocycles. The second kappa shape index (κ2) is 9.23. The van der Waals surface area contributed by atoms with Crippen LogP contribution in [0.15, 0.2) is 48.5 Å². The Bertz CT molecular complexity index is 949. The molecule has 1 N–H and O–H groups in total. The lowest BCUT2D eigenvalue weighted by molar-refractivity contribution is -0.122. The van der Waals surface area contributed by atoms with Crippen LogP contribution in [0.25, 0.3) is 0 Å². The first-order chi connectivity index (χ1) is 15.1. The Morgan fingerprint density at radius 3 is 2.55 bits per heavy atom. The molecule has 0 saturated heterocycles. The van der Waals surface area contributed by atoms with Crippen LogP contribution in [0.2, 0.25) is 0 Å². The van der Waals surface area contributed by atoms with Gasteiger partial charge in [-0.2, -0.15) is 0 Å². The number of rotatable bonds is 6. The van der Waals surface area contributed by atoms with Gasteiger partial charge in [0.05, 0.1) is 18.1 Å². The van der Waals surface area contributed by atoms with Gasteiger partial charge < -0.3 is 15.0 Å². The molecule has 4 rings (SSSR count). The number of methoxy groups -OCH3 is 1. The average Bonchev–Trinajstić information content (AvgIpc) is 2.80. The fourth-order valence-corrected chi connectivity index (χ4v) is 5.51. The number of nitrogens with one attached hydrogen (secondary N) is 1. The van der Waals surface area contributed by atoms with Gasteiger partial charge in [-0.1, -0.05) is 62.6 Å². The van der Waals surface area contributed by atoms with Crippen LogP contribution in [0.5, 0.6) is 0 Å². The molecule has 5 nitrogen and oxygen atoms in total. The molecule has 1 spiro atoms. The molecule has 31 heavy (non-hydrogen) atoms. The third-order valence-electron chi connectivity index (χ3n) is 6.98. The number of benzene rings is 2. The molecule has 164 valence electrons.